The topological polar surface area (TPSA) is 104 Å². The van der Waals surface area contributed by atoms with Crippen LogP contribution in [0.4, 0.5) is 11.4 Å². The number of carbonyl (C=O) groups is 2. The van der Waals surface area contributed by atoms with Crippen LogP contribution in [-0.4, -0.2) is 26.8 Å². The number of rotatable bonds is 15. The molecule has 0 atom stereocenters. The average molecular weight is 580 g/mol. The predicted molar refractivity (Wildman–Crippen MR) is 169 cm³/mol. The van der Waals surface area contributed by atoms with Gasteiger partial charge in [-0.15, -0.1) is 0 Å². The second kappa shape index (κ2) is 16.6. The molecule has 7 nitrogen and oxygen atoms in total. The van der Waals surface area contributed by atoms with Crippen molar-refractivity contribution in [2.75, 3.05) is 16.6 Å². The Morgan fingerprint density at radius 3 is 2.17 bits per heavy atom. The molecule has 0 fully saturated rings. The third kappa shape index (κ3) is 12.6. The van der Waals surface area contributed by atoms with E-state index in [-0.39, 0.29) is 36.1 Å². The van der Waals surface area contributed by atoms with Crippen molar-refractivity contribution in [3.8, 4) is 0 Å². The number of hydrogen-bond donors (Lipinski definition) is 3. The molecular weight excluding hydrogens is 534 g/mol. The van der Waals surface area contributed by atoms with Crippen LogP contribution in [0.3, 0.4) is 0 Å². The van der Waals surface area contributed by atoms with Gasteiger partial charge in [-0.2, -0.15) is 0 Å². The van der Waals surface area contributed by atoms with Gasteiger partial charge in [-0.1, -0.05) is 53.1 Å². The monoisotopic (exact) mass is 579 g/mol. The smallest absolute Gasteiger partial charge is 0.261 e. The van der Waals surface area contributed by atoms with E-state index in [0.29, 0.717) is 11.4 Å². The van der Waals surface area contributed by atoms with Crippen LogP contribution >= 0.6 is 0 Å². The molecule has 222 valence electrons. The van der Waals surface area contributed by atoms with Gasteiger partial charge in [-0.25, -0.2) is 8.42 Å². The first kappa shape index (κ1) is 33.6. The van der Waals surface area contributed by atoms with E-state index in [0.717, 1.165) is 42.4 Å². The molecule has 2 rings (SSSR count). The molecule has 0 aliphatic rings. The Kier molecular flexibility index (Phi) is 13.6. The maximum absolute atomic E-state index is 12.9. The normalized spacial score (nSPS) is 12.0. The van der Waals surface area contributed by atoms with Crippen LogP contribution < -0.4 is 15.4 Å². The lowest BCUT2D eigenvalue weighted by Crippen LogP contribution is -2.27. The Morgan fingerprint density at radius 2 is 1.46 bits per heavy atom. The molecule has 0 spiro atoms. The fourth-order valence-electron chi connectivity index (χ4n) is 4.02. The van der Waals surface area contributed by atoms with Gasteiger partial charge in [0.2, 0.25) is 11.8 Å². The van der Waals surface area contributed by atoms with Crippen LogP contribution in [0, 0.1) is 13.8 Å². The van der Waals surface area contributed by atoms with Crippen molar-refractivity contribution in [1.29, 1.82) is 0 Å². The lowest BCUT2D eigenvalue weighted by Gasteiger charge is -2.13. The van der Waals surface area contributed by atoms with Crippen molar-refractivity contribution in [2.24, 2.45) is 0 Å². The number of anilines is 2. The van der Waals surface area contributed by atoms with Crippen LogP contribution in [0.2, 0.25) is 0 Å². The molecule has 3 N–H and O–H groups in total. The highest BCUT2D eigenvalue weighted by Gasteiger charge is 2.17. The number of sulfonamides is 1. The first-order chi connectivity index (χ1) is 19.4. The Bertz CT molecular complexity index is 1400. The molecule has 2 aromatic rings. The number of amides is 2. The molecule has 0 bridgehead atoms. The summed E-state index contributed by atoms with van der Waals surface area (Å²) in [5.41, 5.74) is 6.59. The maximum Gasteiger partial charge on any atom is 0.261 e. The fourth-order valence-corrected chi connectivity index (χ4v) is 5.19. The van der Waals surface area contributed by atoms with Gasteiger partial charge in [0.25, 0.3) is 10.0 Å². The number of hydrogen-bond acceptors (Lipinski definition) is 4. The van der Waals surface area contributed by atoms with Crippen molar-refractivity contribution in [3.63, 3.8) is 0 Å². The lowest BCUT2D eigenvalue weighted by atomic mass is 10.1. The molecule has 0 saturated carbocycles. The summed E-state index contributed by atoms with van der Waals surface area (Å²) in [6.45, 7) is 12.4. The van der Waals surface area contributed by atoms with E-state index in [1.54, 1.807) is 24.3 Å². The van der Waals surface area contributed by atoms with Crippen LogP contribution in [-0.2, 0) is 19.6 Å². The van der Waals surface area contributed by atoms with E-state index in [4.69, 9.17) is 0 Å². The van der Waals surface area contributed by atoms with Gasteiger partial charge >= 0.3 is 0 Å². The third-order valence-corrected chi connectivity index (χ3v) is 8.07. The van der Waals surface area contributed by atoms with E-state index in [1.807, 2.05) is 32.9 Å². The van der Waals surface area contributed by atoms with Crippen LogP contribution in [0.25, 0.3) is 0 Å². The van der Waals surface area contributed by atoms with Gasteiger partial charge in [0.05, 0.1) is 10.6 Å². The Morgan fingerprint density at radius 1 is 0.805 bits per heavy atom. The highest BCUT2D eigenvalue weighted by Crippen LogP contribution is 2.23. The van der Waals surface area contributed by atoms with Gasteiger partial charge in [-0.3, -0.25) is 14.3 Å². The van der Waals surface area contributed by atoms with Crippen LogP contribution in [0.15, 0.2) is 82.3 Å². The quantitative estimate of drug-likeness (QED) is 0.192. The summed E-state index contributed by atoms with van der Waals surface area (Å²) in [6.07, 6.45) is 10.8. The van der Waals surface area contributed by atoms with Gasteiger partial charge in [0.1, 0.15) is 0 Å². The summed E-state index contributed by atoms with van der Waals surface area (Å²) in [5.74, 6) is -0.461. The lowest BCUT2D eigenvalue weighted by molar-refractivity contribution is -0.120. The minimum Gasteiger partial charge on any atom is -0.355 e. The zero-order valence-corrected chi connectivity index (χ0v) is 26.1. The third-order valence-electron chi connectivity index (χ3n) is 6.71. The van der Waals surface area contributed by atoms with E-state index < -0.39 is 10.0 Å². The van der Waals surface area contributed by atoms with Crippen molar-refractivity contribution >= 4 is 33.2 Å². The summed E-state index contributed by atoms with van der Waals surface area (Å²) in [4.78, 5) is 24.7. The molecule has 8 heteroatoms. The number of benzene rings is 2. The van der Waals surface area contributed by atoms with Crippen molar-refractivity contribution in [2.45, 2.75) is 85.0 Å². The largest absolute Gasteiger partial charge is 0.355 e. The van der Waals surface area contributed by atoms with Gasteiger partial charge in [0, 0.05) is 25.1 Å². The second-order valence-corrected chi connectivity index (χ2v) is 12.4. The molecule has 0 saturated heterocycles. The fraction of sp³-hybridized carbons (Fsp3) is 0.394. The summed E-state index contributed by atoms with van der Waals surface area (Å²) in [7, 11) is -3.84. The molecule has 2 amide bonds. The molecule has 0 aliphatic carbocycles. The molecular formula is C33H45N3O4S. The first-order valence-electron chi connectivity index (χ1n) is 14.1. The second-order valence-electron chi connectivity index (χ2n) is 10.7. The molecule has 0 radical (unpaired) electrons. The van der Waals surface area contributed by atoms with E-state index in [9.17, 15) is 18.0 Å². The highest BCUT2D eigenvalue weighted by molar-refractivity contribution is 7.92. The predicted octanol–water partition coefficient (Wildman–Crippen LogP) is 7.36. The summed E-state index contributed by atoms with van der Waals surface area (Å²) >= 11 is 0. The van der Waals surface area contributed by atoms with Gasteiger partial charge in [-0.05, 0) is 103 Å². The Balaban J connectivity index is 1.77. The SMILES string of the molecule is CC(C)=CCC/C(C)=C/CC/C(C)=C/CC(=O)NCCC(=O)Nc1cccc(S(=O)(=O)Nc2cccc(C)c2C)c1. The Hall–Kier alpha value is -3.65. The molecule has 0 aromatic heterocycles. The molecule has 0 aliphatic heterocycles. The minimum absolute atomic E-state index is 0.0426. The number of allylic oxidation sites excluding steroid dienone is 5. The molecule has 2 aromatic carbocycles. The van der Waals surface area contributed by atoms with Crippen molar-refractivity contribution in [1.82, 2.24) is 5.32 Å². The number of carbonyl (C=O) groups excluding carboxylic acids is 2. The van der Waals surface area contributed by atoms with Gasteiger partial charge in [0.15, 0.2) is 0 Å². The standard InChI is InChI=1S/C33H45N3O4S/c1-24(2)11-7-12-25(3)13-8-14-26(4)19-20-32(37)34-22-21-33(38)35-29-16-10-17-30(23-29)41(39,40)36-31-18-9-15-27(5)28(31)6/h9-11,13,15-19,23,36H,7-8,12,14,20-22H2,1-6H3,(H,34,37)(H,35,38)/b25-13+,26-19+. The van der Waals surface area contributed by atoms with E-state index >= 15 is 0 Å². The summed E-state index contributed by atoms with van der Waals surface area (Å²) in [5, 5.41) is 5.48. The van der Waals surface area contributed by atoms with Crippen molar-refractivity contribution in [3.05, 3.63) is 88.5 Å². The molecule has 41 heavy (non-hydrogen) atoms. The van der Waals surface area contributed by atoms with Crippen LogP contribution in [0.5, 0.6) is 0 Å². The Labute approximate surface area is 246 Å². The highest BCUT2D eigenvalue weighted by atomic mass is 32.2. The summed E-state index contributed by atoms with van der Waals surface area (Å²) in [6, 6.07) is 11.5. The van der Waals surface area contributed by atoms with Gasteiger partial charge < -0.3 is 10.6 Å². The number of nitrogens with one attached hydrogen (secondary N) is 3. The molecule has 0 unspecified atom stereocenters. The zero-order chi connectivity index (χ0) is 30.4. The van der Waals surface area contributed by atoms with Crippen molar-refractivity contribution < 1.29 is 18.0 Å². The van der Waals surface area contributed by atoms with Crippen LogP contribution in [0.1, 0.15) is 77.3 Å². The average Bonchev–Trinajstić information content (AvgIpc) is 2.90. The molecule has 0 heterocycles. The maximum atomic E-state index is 12.9. The van der Waals surface area contributed by atoms with E-state index in [1.165, 1.54) is 23.3 Å². The first-order valence-corrected chi connectivity index (χ1v) is 15.6. The zero-order valence-electron chi connectivity index (χ0n) is 25.3. The number of aryl methyl sites for hydroxylation is 1. The van der Waals surface area contributed by atoms with E-state index in [2.05, 4.69) is 48.3 Å². The minimum atomic E-state index is -3.84. The summed E-state index contributed by atoms with van der Waals surface area (Å²) < 4.78 is 28.5.